The van der Waals surface area contributed by atoms with E-state index in [0.717, 1.165) is 23.8 Å². The smallest absolute Gasteiger partial charge is 0.159 e. The number of Topliss-reactive ketones (excluding diaryl/α,β-unsaturated/α-hetero) is 1. The maximum absolute atomic E-state index is 13.0. The summed E-state index contributed by atoms with van der Waals surface area (Å²) in [6.45, 7) is 9.63. The molecule has 0 aromatic rings. The van der Waals surface area contributed by atoms with Gasteiger partial charge in [-0.25, -0.2) is 0 Å². The molecule has 3 fully saturated rings. The van der Waals surface area contributed by atoms with Crippen LogP contribution < -0.4 is 0 Å². The Hall–Kier alpha value is -0.920. The van der Waals surface area contributed by atoms with Crippen molar-refractivity contribution in [3.8, 4) is 0 Å². The Kier molecular flexibility index (Phi) is 4.48. The highest BCUT2D eigenvalue weighted by molar-refractivity contribution is 6.05. The van der Waals surface area contributed by atoms with Gasteiger partial charge in [-0.3, -0.25) is 9.59 Å². The van der Waals surface area contributed by atoms with Crippen LogP contribution in [0.5, 0.6) is 0 Å². The molecule has 0 aromatic heterocycles. The second-order valence-corrected chi connectivity index (χ2v) is 10.4. The molecule has 4 aliphatic rings. The highest BCUT2D eigenvalue weighted by atomic mass is 16.1. The summed E-state index contributed by atoms with van der Waals surface area (Å²) in [4.78, 5) is 25.0. The maximum Gasteiger partial charge on any atom is 0.159 e. The Bertz CT molecular complexity index is 647. The third-order valence-electron chi connectivity index (χ3n) is 9.29. The van der Waals surface area contributed by atoms with Gasteiger partial charge in [0.1, 0.15) is 0 Å². The highest BCUT2D eigenvalue weighted by Gasteiger charge is 2.60. The number of hydrogen-bond donors (Lipinski definition) is 0. The first-order chi connectivity index (χ1) is 12.3. The van der Waals surface area contributed by atoms with Crippen LogP contribution >= 0.6 is 0 Å². The molecule has 2 nitrogen and oxygen atoms in total. The first-order valence-electron chi connectivity index (χ1n) is 11.1. The van der Waals surface area contributed by atoms with E-state index in [9.17, 15) is 9.59 Å². The lowest BCUT2D eigenvalue weighted by molar-refractivity contribution is -0.131. The van der Waals surface area contributed by atoms with Crippen LogP contribution in [-0.2, 0) is 9.59 Å². The van der Waals surface area contributed by atoms with Gasteiger partial charge in [0.15, 0.2) is 11.6 Å². The fourth-order valence-corrected chi connectivity index (χ4v) is 8.02. The molecule has 0 bridgehead atoms. The van der Waals surface area contributed by atoms with Gasteiger partial charge in [-0.05, 0) is 78.6 Å². The molecule has 7 atom stereocenters. The number of ketones is 2. The minimum atomic E-state index is -0.0393. The van der Waals surface area contributed by atoms with E-state index in [1.54, 1.807) is 6.08 Å². The minimum absolute atomic E-state index is 0.0393. The van der Waals surface area contributed by atoms with E-state index in [1.165, 1.54) is 38.5 Å². The van der Waals surface area contributed by atoms with Crippen LogP contribution in [0.25, 0.3) is 0 Å². The summed E-state index contributed by atoms with van der Waals surface area (Å²) < 4.78 is 0. The van der Waals surface area contributed by atoms with Crippen molar-refractivity contribution < 1.29 is 9.59 Å². The zero-order valence-electron chi connectivity index (χ0n) is 17.1. The van der Waals surface area contributed by atoms with Crippen LogP contribution in [0.4, 0.5) is 0 Å². The third-order valence-corrected chi connectivity index (χ3v) is 9.29. The molecular weight excluding hydrogens is 320 g/mol. The second kappa shape index (κ2) is 6.31. The maximum atomic E-state index is 13.0. The lowest BCUT2D eigenvalue weighted by Gasteiger charge is -2.57. The Balaban J connectivity index is 1.65. The molecule has 0 heterocycles. The van der Waals surface area contributed by atoms with Gasteiger partial charge in [-0.2, -0.15) is 0 Å². The van der Waals surface area contributed by atoms with E-state index in [2.05, 4.69) is 27.7 Å². The highest BCUT2D eigenvalue weighted by Crippen LogP contribution is 2.67. The number of hydrogen-bond acceptors (Lipinski definition) is 2. The number of rotatable bonds is 3. The molecule has 4 unspecified atom stereocenters. The average Bonchev–Trinajstić information content (AvgIpc) is 2.94. The summed E-state index contributed by atoms with van der Waals surface area (Å²) in [5.74, 6) is 3.97. The first kappa shape index (κ1) is 18.4. The van der Waals surface area contributed by atoms with Gasteiger partial charge in [-0.1, -0.05) is 40.5 Å². The number of carbonyl (C=O) groups excluding carboxylic acids is 2. The first-order valence-corrected chi connectivity index (χ1v) is 11.1. The van der Waals surface area contributed by atoms with Crippen molar-refractivity contribution in [1.29, 1.82) is 0 Å². The fourth-order valence-electron chi connectivity index (χ4n) is 8.02. The van der Waals surface area contributed by atoms with Crippen molar-refractivity contribution in [2.45, 2.75) is 85.5 Å². The minimum Gasteiger partial charge on any atom is -0.295 e. The fraction of sp³-hybridized carbons (Fsp3) is 0.833. The Morgan fingerprint density at radius 2 is 1.88 bits per heavy atom. The molecule has 144 valence electrons. The van der Waals surface area contributed by atoms with Crippen molar-refractivity contribution >= 4 is 11.6 Å². The summed E-state index contributed by atoms with van der Waals surface area (Å²) in [6, 6.07) is 0. The zero-order chi connectivity index (χ0) is 18.7. The average molecular weight is 357 g/mol. The summed E-state index contributed by atoms with van der Waals surface area (Å²) in [7, 11) is 0. The lowest BCUT2D eigenvalue weighted by atomic mass is 9.46. The van der Waals surface area contributed by atoms with Crippen molar-refractivity contribution in [3.05, 3.63) is 11.6 Å². The molecule has 0 N–H and O–H groups in total. The monoisotopic (exact) mass is 356 g/mol. The summed E-state index contributed by atoms with van der Waals surface area (Å²) in [5, 5.41) is 0. The molecule has 2 heteroatoms. The standard InChI is InChI=1S/C24H36O2/c1-5-6-15(2)18-7-8-19-17-14-22(26)21-13-16(25)9-11-24(21,4)20(17)10-12-23(18,19)3/h13,15,17-20H,5-12,14H2,1-4H3/t15?,17?,18-,19?,20?,23-,24-/m1/s1. The molecule has 26 heavy (non-hydrogen) atoms. The van der Waals surface area contributed by atoms with E-state index in [-0.39, 0.29) is 17.0 Å². The molecule has 0 aliphatic heterocycles. The van der Waals surface area contributed by atoms with Crippen LogP contribution in [0.3, 0.4) is 0 Å². The van der Waals surface area contributed by atoms with E-state index < -0.39 is 0 Å². The number of carbonyl (C=O) groups is 2. The van der Waals surface area contributed by atoms with E-state index >= 15 is 0 Å². The van der Waals surface area contributed by atoms with Crippen LogP contribution in [0.15, 0.2) is 11.6 Å². The van der Waals surface area contributed by atoms with Crippen molar-refractivity contribution in [3.63, 3.8) is 0 Å². The summed E-state index contributed by atoms with van der Waals surface area (Å²) in [6.07, 6.45) is 11.8. The van der Waals surface area contributed by atoms with Crippen molar-refractivity contribution in [1.82, 2.24) is 0 Å². The lowest BCUT2D eigenvalue weighted by Crippen LogP contribution is -2.53. The molecule has 4 aliphatic carbocycles. The molecule has 0 radical (unpaired) electrons. The molecular formula is C24H36O2. The largest absolute Gasteiger partial charge is 0.295 e. The van der Waals surface area contributed by atoms with E-state index in [1.807, 2.05) is 0 Å². The van der Waals surface area contributed by atoms with E-state index in [0.29, 0.717) is 36.0 Å². The molecule has 0 aromatic carbocycles. The Labute approximate surface area is 159 Å². The van der Waals surface area contributed by atoms with E-state index in [4.69, 9.17) is 0 Å². The van der Waals surface area contributed by atoms with Crippen molar-refractivity contribution in [2.75, 3.05) is 0 Å². The van der Waals surface area contributed by atoms with Crippen LogP contribution in [0.1, 0.15) is 85.5 Å². The van der Waals surface area contributed by atoms with Gasteiger partial charge in [0.2, 0.25) is 0 Å². The molecule has 4 rings (SSSR count). The van der Waals surface area contributed by atoms with Crippen LogP contribution in [0.2, 0.25) is 0 Å². The molecule has 0 amide bonds. The van der Waals surface area contributed by atoms with Gasteiger partial charge in [0.25, 0.3) is 0 Å². The SMILES string of the molecule is CCCC(C)[C@H]1CCC2C3CC(=O)C4=CC(=O)CC[C@]4(C)C3CC[C@@]21C. The third kappa shape index (κ3) is 2.50. The van der Waals surface area contributed by atoms with Gasteiger partial charge in [0, 0.05) is 18.4 Å². The summed E-state index contributed by atoms with van der Waals surface area (Å²) >= 11 is 0. The second-order valence-electron chi connectivity index (χ2n) is 10.4. The van der Waals surface area contributed by atoms with Crippen molar-refractivity contribution in [2.24, 2.45) is 40.4 Å². The van der Waals surface area contributed by atoms with Gasteiger partial charge in [-0.15, -0.1) is 0 Å². The topological polar surface area (TPSA) is 34.1 Å². The molecule has 0 spiro atoms. The normalized spacial score (nSPS) is 46.2. The van der Waals surface area contributed by atoms with Crippen LogP contribution in [0, 0.1) is 40.4 Å². The molecule has 3 saturated carbocycles. The predicted octanol–water partition coefficient (Wildman–Crippen LogP) is 5.75. The quantitative estimate of drug-likeness (QED) is 0.645. The number of fused-ring (bicyclic) bond motifs is 5. The number of allylic oxidation sites excluding steroid dienone is 1. The molecule has 0 saturated heterocycles. The Morgan fingerprint density at radius 1 is 1.12 bits per heavy atom. The van der Waals surface area contributed by atoms with Gasteiger partial charge < -0.3 is 0 Å². The van der Waals surface area contributed by atoms with Gasteiger partial charge >= 0.3 is 0 Å². The summed E-state index contributed by atoms with van der Waals surface area (Å²) in [5.41, 5.74) is 1.27. The van der Waals surface area contributed by atoms with Gasteiger partial charge in [0.05, 0.1) is 0 Å². The Morgan fingerprint density at radius 3 is 2.62 bits per heavy atom. The van der Waals surface area contributed by atoms with Crippen LogP contribution in [-0.4, -0.2) is 11.6 Å². The predicted molar refractivity (Wildman–Crippen MR) is 105 cm³/mol. The zero-order valence-corrected chi connectivity index (χ0v) is 17.1.